The van der Waals surface area contributed by atoms with Gasteiger partial charge in [-0.2, -0.15) is 5.10 Å². The molecule has 0 saturated carbocycles. The molecular weight excluding hydrogens is 240 g/mol. The predicted octanol–water partition coefficient (Wildman–Crippen LogP) is 2.27. The van der Waals surface area contributed by atoms with Crippen LogP contribution in [0.4, 0.5) is 0 Å². The van der Waals surface area contributed by atoms with Crippen LogP contribution in [-0.4, -0.2) is 27.0 Å². The molecule has 1 N–H and O–H groups in total. The summed E-state index contributed by atoms with van der Waals surface area (Å²) in [5.41, 5.74) is 3.05. The first-order valence-electron chi connectivity index (χ1n) is 6.73. The number of rotatable bonds is 5. The Balaban J connectivity index is 2.18. The molecule has 2 aromatic heterocycles. The number of nitrogens with zero attached hydrogens (tertiary/aromatic N) is 3. The smallest absolute Gasteiger partial charge is 0.256 e. The van der Waals surface area contributed by atoms with Crippen LogP contribution in [0, 0.1) is 13.8 Å². The van der Waals surface area contributed by atoms with Crippen LogP contribution in [0.3, 0.4) is 0 Å². The number of aryl methyl sites for hydroxylation is 2. The highest BCUT2D eigenvalue weighted by Crippen LogP contribution is 2.11. The molecule has 0 unspecified atom stereocenters. The molecule has 102 valence electrons. The van der Waals surface area contributed by atoms with Gasteiger partial charge < -0.3 is 5.32 Å². The minimum Gasteiger partial charge on any atom is -0.352 e. The summed E-state index contributed by atoms with van der Waals surface area (Å²) in [5, 5.41) is 7.14. The fourth-order valence-electron chi connectivity index (χ4n) is 2.10. The van der Waals surface area contributed by atoms with E-state index in [0.29, 0.717) is 17.8 Å². The van der Waals surface area contributed by atoms with Crippen LogP contribution in [0.15, 0.2) is 12.3 Å². The number of carbonyl (C=O) groups excluding carboxylic acids is 1. The van der Waals surface area contributed by atoms with E-state index in [1.54, 1.807) is 10.7 Å². The normalized spacial score (nSPS) is 10.9. The molecule has 0 radical (unpaired) electrons. The largest absolute Gasteiger partial charge is 0.352 e. The van der Waals surface area contributed by atoms with Crippen molar-refractivity contribution in [3.8, 4) is 0 Å². The Labute approximate surface area is 113 Å². The molecule has 2 heterocycles. The van der Waals surface area contributed by atoms with E-state index in [-0.39, 0.29) is 5.91 Å². The van der Waals surface area contributed by atoms with E-state index >= 15 is 0 Å². The summed E-state index contributed by atoms with van der Waals surface area (Å²) < 4.78 is 1.70. The minimum absolute atomic E-state index is 0.0939. The van der Waals surface area contributed by atoms with Crippen LogP contribution in [0.1, 0.15) is 47.9 Å². The van der Waals surface area contributed by atoms with Crippen LogP contribution >= 0.6 is 0 Å². The molecule has 0 bridgehead atoms. The molecule has 0 aliphatic rings. The molecule has 0 fully saturated rings. The van der Waals surface area contributed by atoms with Crippen LogP contribution < -0.4 is 5.32 Å². The highest BCUT2D eigenvalue weighted by molar-refractivity contribution is 5.99. The van der Waals surface area contributed by atoms with Gasteiger partial charge in [-0.1, -0.05) is 19.8 Å². The molecular formula is C14H20N4O. The van der Waals surface area contributed by atoms with Crippen molar-refractivity contribution in [2.45, 2.75) is 40.0 Å². The molecule has 0 atom stereocenters. The summed E-state index contributed by atoms with van der Waals surface area (Å²) in [7, 11) is 0. The summed E-state index contributed by atoms with van der Waals surface area (Å²) in [6, 6.07) is 1.95. The Morgan fingerprint density at radius 1 is 1.37 bits per heavy atom. The monoisotopic (exact) mass is 260 g/mol. The standard InChI is InChI=1S/C14H20N4O/c1-4-5-6-7-15-14(19)12-9-16-18-11(3)8-10(2)17-13(12)18/h8-9H,4-7H2,1-3H3,(H,15,19). The second kappa shape index (κ2) is 5.82. The Morgan fingerprint density at radius 3 is 2.89 bits per heavy atom. The number of nitrogens with one attached hydrogen (secondary N) is 1. The zero-order valence-corrected chi connectivity index (χ0v) is 11.7. The number of aromatic nitrogens is 3. The van der Waals surface area contributed by atoms with E-state index < -0.39 is 0 Å². The fraction of sp³-hybridized carbons (Fsp3) is 0.500. The summed E-state index contributed by atoms with van der Waals surface area (Å²) in [6.07, 6.45) is 4.87. The van der Waals surface area contributed by atoms with Gasteiger partial charge in [0, 0.05) is 17.9 Å². The van der Waals surface area contributed by atoms with E-state index in [1.165, 1.54) is 0 Å². The third-order valence-corrected chi connectivity index (χ3v) is 3.09. The van der Waals surface area contributed by atoms with Gasteiger partial charge >= 0.3 is 0 Å². The van der Waals surface area contributed by atoms with Gasteiger partial charge in [0.15, 0.2) is 5.65 Å². The third-order valence-electron chi connectivity index (χ3n) is 3.09. The molecule has 5 nitrogen and oxygen atoms in total. The average Bonchev–Trinajstić information content (AvgIpc) is 2.78. The summed E-state index contributed by atoms with van der Waals surface area (Å²) in [4.78, 5) is 16.5. The van der Waals surface area contributed by atoms with Gasteiger partial charge in [-0.25, -0.2) is 9.50 Å². The number of hydrogen-bond donors (Lipinski definition) is 1. The first-order chi connectivity index (χ1) is 9.13. The van der Waals surface area contributed by atoms with Crippen molar-refractivity contribution in [2.24, 2.45) is 0 Å². The van der Waals surface area contributed by atoms with Gasteiger partial charge in [0.2, 0.25) is 0 Å². The average molecular weight is 260 g/mol. The van der Waals surface area contributed by atoms with Crippen LogP contribution in [0.2, 0.25) is 0 Å². The first kappa shape index (κ1) is 13.5. The van der Waals surface area contributed by atoms with Crippen molar-refractivity contribution in [1.29, 1.82) is 0 Å². The van der Waals surface area contributed by atoms with Gasteiger partial charge in [-0.3, -0.25) is 4.79 Å². The van der Waals surface area contributed by atoms with Crippen molar-refractivity contribution in [1.82, 2.24) is 19.9 Å². The van der Waals surface area contributed by atoms with Crippen molar-refractivity contribution in [3.63, 3.8) is 0 Å². The van der Waals surface area contributed by atoms with Crippen molar-refractivity contribution in [3.05, 3.63) is 29.2 Å². The zero-order valence-electron chi connectivity index (χ0n) is 11.7. The molecule has 19 heavy (non-hydrogen) atoms. The number of amides is 1. The summed E-state index contributed by atoms with van der Waals surface area (Å²) >= 11 is 0. The molecule has 0 saturated heterocycles. The Hall–Kier alpha value is -1.91. The van der Waals surface area contributed by atoms with E-state index in [1.807, 2.05) is 19.9 Å². The van der Waals surface area contributed by atoms with Gasteiger partial charge in [-0.05, 0) is 26.3 Å². The van der Waals surface area contributed by atoms with Crippen LogP contribution in [0.25, 0.3) is 5.65 Å². The van der Waals surface area contributed by atoms with E-state index in [2.05, 4.69) is 22.3 Å². The Bertz CT molecular complexity index is 588. The molecule has 0 aliphatic carbocycles. The maximum absolute atomic E-state index is 12.1. The second-order valence-electron chi connectivity index (χ2n) is 4.80. The fourth-order valence-corrected chi connectivity index (χ4v) is 2.10. The minimum atomic E-state index is -0.0939. The molecule has 0 spiro atoms. The second-order valence-corrected chi connectivity index (χ2v) is 4.80. The van der Waals surface area contributed by atoms with Gasteiger partial charge in [-0.15, -0.1) is 0 Å². The van der Waals surface area contributed by atoms with Gasteiger partial charge in [0.25, 0.3) is 5.91 Å². The number of hydrogen-bond acceptors (Lipinski definition) is 3. The maximum atomic E-state index is 12.1. The van der Waals surface area contributed by atoms with E-state index in [4.69, 9.17) is 0 Å². The number of carbonyl (C=O) groups is 1. The lowest BCUT2D eigenvalue weighted by Crippen LogP contribution is -2.24. The first-order valence-corrected chi connectivity index (χ1v) is 6.73. The van der Waals surface area contributed by atoms with E-state index in [9.17, 15) is 4.79 Å². The molecule has 2 aromatic rings. The zero-order chi connectivity index (χ0) is 13.8. The lowest BCUT2D eigenvalue weighted by molar-refractivity contribution is 0.0954. The van der Waals surface area contributed by atoms with Gasteiger partial charge in [0.05, 0.1) is 6.20 Å². The highest BCUT2D eigenvalue weighted by atomic mass is 16.1. The van der Waals surface area contributed by atoms with Crippen molar-refractivity contribution < 1.29 is 4.79 Å². The van der Waals surface area contributed by atoms with E-state index in [0.717, 1.165) is 30.7 Å². The molecule has 1 amide bonds. The molecule has 0 aliphatic heterocycles. The van der Waals surface area contributed by atoms with Crippen molar-refractivity contribution in [2.75, 3.05) is 6.54 Å². The lowest BCUT2D eigenvalue weighted by atomic mass is 10.2. The van der Waals surface area contributed by atoms with Gasteiger partial charge in [0.1, 0.15) is 5.56 Å². The molecule has 2 rings (SSSR count). The number of fused-ring (bicyclic) bond motifs is 1. The molecule has 0 aromatic carbocycles. The predicted molar refractivity (Wildman–Crippen MR) is 74.3 cm³/mol. The Morgan fingerprint density at radius 2 is 2.16 bits per heavy atom. The highest BCUT2D eigenvalue weighted by Gasteiger charge is 2.14. The summed E-state index contributed by atoms with van der Waals surface area (Å²) in [6.45, 7) is 6.72. The molecule has 5 heteroatoms. The maximum Gasteiger partial charge on any atom is 0.256 e. The Kier molecular flexibility index (Phi) is 4.14. The number of unbranched alkanes of at least 4 members (excludes halogenated alkanes) is 2. The quantitative estimate of drug-likeness (QED) is 0.839. The van der Waals surface area contributed by atoms with Crippen LogP contribution in [-0.2, 0) is 0 Å². The van der Waals surface area contributed by atoms with Crippen molar-refractivity contribution >= 4 is 11.6 Å². The SMILES string of the molecule is CCCCCNC(=O)c1cnn2c(C)cc(C)nc12. The lowest BCUT2D eigenvalue weighted by Gasteiger charge is -2.04. The summed E-state index contributed by atoms with van der Waals surface area (Å²) in [5.74, 6) is -0.0939. The third kappa shape index (κ3) is 2.92. The van der Waals surface area contributed by atoms with Crippen LogP contribution in [0.5, 0.6) is 0 Å². The topological polar surface area (TPSA) is 59.3 Å².